The highest BCUT2D eigenvalue weighted by Gasteiger charge is 2.23. The van der Waals surface area contributed by atoms with Gasteiger partial charge in [-0.05, 0) is 11.4 Å². The molecule has 0 aliphatic heterocycles. The van der Waals surface area contributed by atoms with Crippen LogP contribution in [0, 0.1) is 0 Å². The van der Waals surface area contributed by atoms with Crippen molar-refractivity contribution in [2.24, 2.45) is 0 Å². The van der Waals surface area contributed by atoms with Gasteiger partial charge in [0, 0.05) is 0 Å². The number of carbonyl (C=O) groups excluding carboxylic acids is 2. The average Bonchev–Trinajstić information content (AvgIpc) is 2.97. The zero-order chi connectivity index (χ0) is 17.0. The fourth-order valence-corrected chi connectivity index (χ4v) is 2.64. The molecule has 2 heterocycles. The summed E-state index contributed by atoms with van der Waals surface area (Å²) in [6.07, 6.45) is 0.454. The molecule has 122 valence electrons. The minimum atomic E-state index is -1.47. The van der Waals surface area contributed by atoms with E-state index >= 15 is 0 Å². The molecule has 0 aromatic carbocycles. The lowest BCUT2D eigenvalue weighted by molar-refractivity contribution is -0.140. The Labute approximate surface area is 132 Å². The van der Waals surface area contributed by atoms with Crippen LogP contribution in [0.25, 0.3) is 10.2 Å². The summed E-state index contributed by atoms with van der Waals surface area (Å²) >= 11 is 1.28. The molecule has 2 rings (SSSR count). The van der Waals surface area contributed by atoms with E-state index in [4.69, 9.17) is 5.11 Å². The van der Waals surface area contributed by atoms with Crippen LogP contribution in [0.4, 0.5) is 4.39 Å². The highest BCUT2D eigenvalue weighted by atomic mass is 32.1. The quantitative estimate of drug-likeness (QED) is 0.729. The third-order valence-corrected chi connectivity index (χ3v) is 3.82. The Bertz CT molecular complexity index is 815. The highest BCUT2D eigenvalue weighted by Crippen LogP contribution is 2.13. The second-order valence-corrected chi connectivity index (χ2v) is 5.53. The summed E-state index contributed by atoms with van der Waals surface area (Å²) in [6, 6.07) is 0.0994. The number of nitrogens with zero attached hydrogens (tertiary/aromatic N) is 2. The maximum atomic E-state index is 12.4. The van der Waals surface area contributed by atoms with Crippen LogP contribution in [0.5, 0.6) is 0 Å². The summed E-state index contributed by atoms with van der Waals surface area (Å²) in [4.78, 5) is 50.5. The molecule has 0 aliphatic rings. The second kappa shape index (κ2) is 7.09. The van der Waals surface area contributed by atoms with E-state index in [0.717, 1.165) is 4.57 Å². The first-order valence-electron chi connectivity index (χ1n) is 6.45. The molecule has 1 atom stereocenters. The monoisotopic (exact) mass is 341 g/mol. The van der Waals surface area contributed by atoms with Crippen LogP contribution in [0.15, 0.2) is 22.6 Å². The number of amides is 1. The van der Waals surface area contributed by atoms with Crippen molar-refractivity contribution in [3.8, 4) is 0 Å². The lowest BCUT2D eigenvalue weighted by atomic mass is 10.1. The van der Waals surface area contributed by atoms with Gasteiger partial charge in [0.1, 0.15) is 24.1 Å². The number of hydrogen-bond acceptors (Lipinski definition) is 6. The van der Waals surface area contributed by atoms with Gasteiger partial charge in [0.15, 0.2) is 5.78 Å². The van der Waals surface area contributed by atoms with Crippen molar-refractivity contribution < 1.29 is 23.9 Å². The molecule has 0 saturated carbocycles. The first-order chi connectivity index (χ1) is 10.9. The number of alkyl halides is 1. The third kappa shape index (κ3) is 3.97. The zero-order valence-corrected chi connectivity index (χ0v) is 12.5. The number of halogens is 1. The Morgan fingerprint density at radius 1 is 1.43 bits per heavy atom. The number of carbonyl (C=O) groups is 3. The van der Waals surface area contributed by atoms with E-state index in [1.165, 1.54) is 17.7 Å². The molecule has 2 aromatic heterocycles. The van der Waals surface area contributed by atoms with E-state index in [1.54, 1.807) is 11.4 Å². The van der Waals surface area contributed by atoms with Gasteiger partial charge in [-0.15, -0.1) is 11.3 Å². The normalized spacial score (nSPS) is 12.0. The van der Waals surface area contributed by atoms with Crippen molar-refractivity contribution in [2.75, 3.05) is 6.67 Å². The number of aromatic nitrogens is 2. The largest absolute Gasteiger partial charge is 0.481 e. The number of Topliss-reactive ketones (excluding diaryl/α,β-unsaturated/α-hetero) is 1. The minimum absolute atomic E-state index is 0.354. The molecule has 23 heavy (non-hydrogen) atoms. The van der Waals surface area contributed by atoms with Crippen LogP contribution in [0.3, 0.4) is 0 Å². The maximum Gasteiger partial charge on any atom is 0.305 e. The van der Waals surface area contributed by atoms with Crippen molar-refractivity contribution >= 4 is 39.2 Å². The number of aliphatic carboxylic acids is 1. The lowest BCUT2D eigenvalue weighted by Gasteiger charge is -2.14. The standard InChI is InChI=1S/C13H12FN3O5S/c14-4-9(18)8(3-11(20)21)16-10(19)5-17-6-15-12-7(13(17)22)1-2-23-12/h1-2,6,8H,3-5H2,(H,16,19)(H,20,21). The van der Waals surface area contributed by atoms with Gasteiger partial charge in [0.25, 0.3) is 5.56 Å². The molecule has 0 bridgehead atoms. The molecule has 0 spiro atoms. The molecule has 8 nitrogen and oxygen atoms in total. The Kier molecular flexibility index (Phi) is 5.16. The van der Waals surface area contributed by atoms with Gasteiger partial charge < -0.3 is 10.4 Å². The topological polar surface area (TPSA) is 118 Å². The van der Waals surface area contributed by atoms with Crippen LogP contribution in [0.2, 0.25) is 0 Å². The molecule has 0 aliphatic carbocycles. The summed E-state index contributed by atoms with van der Waals surface area (Å²) in [5.74, 6) is -3.17. The Morgan fingerprint density at radius 3 is 2.83 bits per heavy atom. The first kappa shape index (κ1) is 16.7. The molecule has 0 saturated heterocycles. The SMILES string of the molecule is O=C(O)CC(NC(=O)Cn1cnc2sccc2c1=O)C(=O)CF. The molecule has 0 fully saturated rings. The van der Waals surface area contributed by atoms with Crippen molar-refractivity contribution in [3.05, 3.63) is 28.1 Å². The van der Waals surface area contributed by atoms with Gasteiger partial charge in [-0.2, -0.15) is 0 Å². The number of fused-ring (bicyclic) bond motifs is 1. The fourth-order valence-electron chi connectivity index (χ4n) is 1.91. The summed E-state index contributed by atoms with van der Waals surface area (Å²) in [6.45, 7) is -1.84. The summed E-state index contributed by atoms with van der Waals surface area (Å²) in [5, 5.41) is 12.8. The van der Waals surface area contributed by atoms with Gasteiger partial charge in [-0.3, -0.25) is 23.7 Å². The average molecular weight is 341 g/mol. The summed E-state index contributed by atoms with van der Waals surface area (Å²) < 4.78 is 13.4. The van der Waals surface area contributed by atoms with Crippen LogP contribution in [-0.4, -0.2) is 45.0 Å². The van der Waals surface area contributed by atoms with E-state index in [0.29, 0.717) is 10.2 Å². The number of carboxylic acid groups (broad SMARTS) is 1. The van der Waals surface area contributed by atoms with E-state index in [9.17, 15) is 23.6 Å². The molecule has 0 radical (unpaired) electrons. The van der Waals surface area contributed by atoms with Gasteiger partial charge >= 0.3 is 5.97 Å². The first-order valence-corrected chi connectivity index (χ1v) is 7.32. The molecular formula is C13H12FN3O5S. The van der Waals surface area contributed by atoms with Crippen LogP contribution >= 0.6 is 11.3 Å². The van der Waals surface area contributed by atoms with Crippen molar-refractivity contribution in [3.63, 3.8) is 0 Å². The predicted molar refractivity (Wildman–Crippen MR) is 79.0 cm³/mol. The van der Waals surface area contributed by atoms with Gasteiger partial charge in [-0.1, -0.05) is 0 Å². The van der Waals surface area contributed by atoms with Crippen LogP contribution in [0.1, 0.15) is 6.42 Å². The van der Waals surface area contributed by atoms with Gasteiger partial charge in [-0.25, -0.2) is 9.37 Å². The second-order valence-electron chi connectivity index (χ2n) is 4.63. The Balaban J connectivity index is 2.13. The third-order valence-electron chi connectivity index (χ3n) is 3.00. The molecular weight excluding hydrogens is 329 g/mol. The molecule has 2 N–H and O–H groups in total. The van der Waals surface area contributed by atoms with Gasteiger partial charge in [0.05, 0.1) is 18.1 Å². The maximum absolute atomic E-state index is 12.4. The number of carboxylic acids is 1. The van der Waals surface area contributed by atoms with E-state index < -0.39 is 48.9 Å². The minimum Gasteiger partial charge on any atom is -0.481 e. The van der Waals surface area contributed by atoms with Gasteiger partial charge in [0.2, 0.25) is 5.91 Å². The van der Waals surface area contributed by atoms with E-state index in [1.807, 2.05) is 0 Å². The van der Waals surface area contributed by atoms with Crippen molar-refractivity contribution in [1.29, 1.82) is 0 Å². The number of ketones is 1. The smallest absolute Gasteiger partial charge is 0.305 e. The van der Waals surface area contributed by atoms with Crippen molar-refractivity contribution in [1.82, 2.24) is 14.9 Å². The van der Waals surface area contributed by atoms with Crippen molar-refractivity contribution in [2.45, 2.75) is 19.0 Å². The van der Waals surface area contributed by atoms with Crippen LogP contribution < -0.4 is 10.9 Å². The number of thiophene rings is 1. The molecule has 1 amide bonds. The van der Waals surface area contributed by atoms with Crippen LogP contribution in [-0.2, 0) is 20.9 Å². The number of rotatable bonds is 7. The van der Waals surface area contributed by atoms with E-state index in [2.05, 4.69) is 10.3 Å². The Hall–Kier alpha value is -2.62. The summed E-state index contributed by atoms with van der Waals surface area (Å²) in [7, 11) is 0. The molecule has 2 aromatic rings. The highest BCUT2D eigenvalue weighted by molar-refractivity contribution is 7.16. The number of hydrogen-bond donors (Lipinski definition) is 2. The Morgan fingerprint density at radius 2 is 2.17 bits per heavy atom. The lowest BCUT2D eigenvalue weighted by Crippen LogP contribution is -2.45. The number of nitrogens with one attached hydrogen (secondary N) is 1. The van der Waals surface area contributed by atoms with E-state index in [-0.39, 0.29) is 0 Å². The molecule has 1 unspecified atom stereocenters. The zero-order valence-electron chi connectivity index (χ0n) is 11.7. The predicted octanol–water partition coefficient (Wildman–Crippen LogP) is -0.0439. The molecule has 10 heteroatoms. The fraction of sp³-hybridized carbons (Fsp3) is 0.308. The summed E-state index contributed by atoms with van der Waals surface area (Å²) in [5.41, 5.74) is -0.432.